The van der Waals surface area contributed by atoms with E-state index in [-0.39, 0.29) is 0 Å². The van der Waals surface area contributed by atoms with E-state index in [9.17, 15) is 0 Å². The minimum Gasteiger partial charge on any atom is -0.497 e. The maximum absolute atomic E-state index is 5.67. The van der Waals surface area contributed by atoms with Gasteiger partial charge in [-0.1, -0.05) is 12.1 Å². The van der Waals surface area contributed by atoms with Gasteiger partial charge in [0.2, 0.25) is 0 Å². The number of methoxy groups -OCH3 is 1. The van der Waals surface area contributed by atoms with Crippen molar-refractivity contribution < 1.29 is 9.47 Å². The lowest BCUT2D eigenvalue weighted by Gasteiger charge is -2.15. The summed E-state index contributed by atoms with van der Waals surface area (Å²) in [6, 6.07) is 12.1. The third-order valence-electron chi connectivity index (χ3n) is 5.10. The van der Waals surface area contributed by atoms with Crippen molar-refractivity contribution in [2.75, 3.05) is 32.2 Å². The topological polar surface area (TPSA) is 61.2 Å². The predicted octanol–water partition coefficient (Wildman–Crippen LogP) is 3.96. The smallest absolute Gasteiger partial charge is 0.119 e. The van der Waals surface area contributed by atoms with Crippen molar-refractivity contribution in [3.05, 3.63) is 60.8 Å². The number of imidazole rings is 1. The van der Waals surface area contributed by atoms with Crippen molar-refractivity contribution in [2.24, 2.45) is 0 Å². The largest absolute Gasteiger partial charge is 0.497 e. The molecule has 4 rings (SSSR count). The zero-order valence-electron chi connectivity index (χ0n) is 16.2. The summed E-state index contributed by atoms with van der Waals surface area (Å²) in [7, 11) is 1.69. The number of nitrogens with zero attached hydrogens (tertiary/aromatic N) is 3. The Hall–Kier alpha value is -2.86. The SMILES string of the molecule is COc1cccc(-c2ncn(CCCNc3cccnc3)c2C2CCOC2)c1. The maximum Gasteiger partial charge on any atom is 0.119 e. The molecule has 1 fully saturated rings. The predicted molar refractivity (Wildman–Crippen MR) is 110 cm³/mol. The Labute approximate surface area is 165 Å². The lowest BCUT2D eigenvalue weighted by Crippen LogP contribution is -2.12. The number of aryl methyl sites for hydroxylation is 1. The van der Waals surface area contributed by atoms with Crippen LogP contribution in [0.2, 0.25) is 0 Å². The quantitative estimate of drug-likeness (QED) is 0.601. The highest BCUT2D eigenvalue weighted by molar-refractivity contribution is 5.64. The van der Waals surface area contributed by atoms with Gasteiger partial charge in [-0.15, -0.1) is 0 Å². The fourth-order valence-electron chi connectivity index (χ4n) is 3.69. The number of nitrogens with one attached hydrogen (secondary N) is 1. The summed E-state index contributed by atoms with van der Waals surface area (Å²) in [6.45, 7) is 3.38. The number of ether oxygens (including phenoxy) is 2. The first-order valence-corrected chi connectivity index (χ1v) is 9.76. The third kappa shape index (κ3) is 4.17. The van der Waals surface area contributed by atoms with Gasteiger partial charge in [-0.25, -0.2) is 4.98 Å². The van der Waals surface area contributed by atoms with Crippen LogP contribution in [0, 0.1) is 0 Å². The highest BCUT2D eigenvalue weighted by atomic mass is 16.5. The second-order valence-corrected chi connectivity index (χ2v) is 6.99. The van der Waals surface area contributed by atoms with Gasteiger partial charge in [0.05, 0.1) is 37.1 Å². The molecule has 146 valence electrons. The van der Waals surface area contributed by atoms with E-state index >= 15 is 0 Å². The van der Waals surface area contributed by atoms with Crippen molar-refractivity contribution in [3.63, 3.8) is 0 Å². The van der Waals surface area contributed by atoms with Gasteiger partial charge in [0.1, 0.15) is 5.75 Å². The molecule has 3 heterocycles. The van der Waals surface area contributed by atoms with Crippen LogP contribution in [0.5, 0.6) is 5.75 Å². The molecule has 0 aliphatic carbocycles. The van der Waals surface area contributed by atoms with Crippen LogP contribution in [-0.4, -0.2) is 41.4 Å². The van der Waals surface area contributed by atoms with Crippen molar-refractivity contribution in [3.8, 4) is 17.0 Å². The average molecular weight is 378 g/mol. The van der Waals surface area contributed by atoms with E-state index in [4.69, 9.17) is 14.5 Å². The zero-order valence-corrected chi connectivity index (χ0v) is 16.2. The molecule has 1 unspecified atom stereocenters. The Bertz CT molecular complexity index is 889. The molecule has 6 heteroatoms. The van der Waals surface area contributed by atoms with E-state index in [2.05, 4.69) is 27.0 Å². The van der Waals surface area contributed by atoms with Crippen molar-refractivity contribution in [1.82, 2.24) is 14.5 Å². The van der Waals surface area contributed by atoms with Gasteiger partial charge >= 0.3 is 0 Å². The third-order valence-corrected chi connectivity index (χ3v) is 5.10. The standard InChI is InChI=1S/C22H26N4O2/c1-27-20-7-2-5-17(13-20)21-22(18-8-12-28-15-18)26(16-25-21)11-4-10-24-19-6-3-9-23-14-19/h2-3,5-7,9,13-14,16,18,24H,4,8,10-12,15H2,1H3. The van der Waals surface area contributed by atoms with E-state index in [0.717, 1.165) is 61.8 Å². The van der Waals surface area contributed by atoms with Gasteiger partial charge in [0.15, 0.2) is 0 Å². The number of hydrogen-bond acceptors (Lipinski definition) is 5. The lowest BCUT2D eigenvalue weighted by molar-refractivity contribution is 0.193. The van der Waals surface area contributed by atoms with E-state index in [0.29, 0.717) is 5.92 Å². The molecule has 0 bridgehead atoms. The van der Waals surface area contributed by atoms with Gasteiger partial charge in [0, 0.05) is 43.6 Å². The molecule has 0 spiro atoms. The van der Waals surface area contributed by atoms with Crippen LogP contribution < -0.4 is 10.1 Å². The number of hydrogen-bond donors (Lipinski definition) is 1. The Kier molecular flexibility index (Phi) is 5.87. The maximum atomic E-state index is 5.67. The van der Waals surface area contributed by atoms with Crippen LogP contribution in [0.25, 0.3) is 11.3 Å². The first-order valence-electron chi connectivity index (χ1n) is 9.76. The Morgan fingerprint density at radius 2 is 2.25 bits per heavy atom. The second-order valence-electron chi connectivity index (χ2n) is 6.99. The van der Waals surface area contributed by atoms with Gasteiger partial charge in [0.25, 0.3) is 0 Å². The molecule has 6 nitrogen and oxygen atoms in total. The molecule has 1 N–H and O–H groups in total. The van der Waals surface area contributed by atoms with Gasteiger partial charge in [-0.2, -0.15) is 0 Å². The molecular weight excluding hydrogens is 352 g/mol. The average Bonchev–Trinajstić information content (AvgIpc) is 3.41. The lowest BCUT2D eigenvalue weighted by atomic mass is 9.99. The monoisotopic (exact) mass is 378 g/mol. The summed E-state index contributed by atoms with van der Waals surface area (Å²) in [5, 5.41) is 3.42. The van der Waals surface area contributed by atoms with Crippen LogP contribution in [-0.2, 0) is 11.3 Å². The molecule has 0 amide bonds. The van der Waals surface area contributed by atoms with E-state index in [1.165, 1.54) is 5.69 Å². The highest BCUT2D eigenvalue weighted by Gasteiger charge is 2.26. The summed E-state index contributed by atoms with van der Waals surface area (Å²) >= 11 is 0. The zero-order chi connectivity index (χ0) is 19.2. The number of rotatable bonds is 8. The first-order chi connectivity index (χ1) is 13.8. The molecule has 1 aliphatic heterocycles. The Balaban J connectivity index is 1.51. The van der Waals surface area contributed by atoms with Crippen molar-refractivity contribution in [2.45, 2.75) is 25.3 Å². The first kappa shape index (κ1) is 18.5. The number of benzene rings is 1. The molecule has 1 saturated heterocycles. The number of aromatic nitrogens is 3. The number of pyridine rings is 1. The molecule has 2 aromatic heterocycles. The fraction of sp³-hybridized carbons (Fsp3) is 0.364. The summed E-state index contributed by atoms with van der Waals surface area (Å²) in [4.78, 5) is 8.90. The summed E-state index contributed by atoms with van der Waals surface area (Å²) < 4.78 is 13.4. The summed E-state index contributed by atoms with van der Waals surface area (Å²) in [6.07, 6.45) is 7.64. The normalized spacial score (nSPS) is 16.2. The van der Waals surface area contributed by atoms with Crippen LogP contribution in [0.4, 0.5) is 5.69 Å². The van der Waals surface area contributed by atoms with Gasteiger partial charge in [-0.3, -0.25) is 4.98 Å². The van der Waals surface area contributed by atoms with Crippen LogP contribution in [0.15, 0.2) is 55.1 Å². The van der Waals surface area contributed by atoms with Crippen molar-refractivity contribution >= 4 is 5.69 Å². The summed E-state index contributed by atoms with van der Waals surface area (Å²) in [5.74, 6) is 1.23. The number of anilines is 1. The molecule has 0 saturated carbocycles. The van der Waals surface area contributed by atoms with Gasteiger partial charge < -0.3 is 19.4 Å². The fourth-order valence-corrected chi connectivity index (χ4v) is 3.69. The van der Waals surface area contributed by atoms with Crippen LogP contribution in [0.1, 0.15) is 24.5 Å². The Morgan fingerprint density at radius 3 is 3.04 bits per heavy atom. The molecule has 1 aromatic carbocycles. The van der Waals surface area contributed by atoms with E-state index in [1.54, 1.807) is 13.3 Å². The molecule has 1 aliphatic rings. The van der Waals surface area contributed by atoms with Crippen LogP contribution >= 0.6 is 0 Å². The molecule has 28 heavy (non-hydrogen) atoms. The molecule has 3 aromatic rings. The van der Waals surface area contributed by atoms with E-state index < -0.39 is 0 Å². The minimum atomic E-state index is 0.384. The van der Waals surface area contributed by atoms with Crippen molar-refractivity contribution in [1.29, 1.82) is 0 Å². The minimum absolute atomic E-state index is 0.384. The van der Waals surface area contributed by atoms with Crippen LogP contribution in [0.3, 0.4) is 0 Å². The Morgan fingerprint density at radius 1 is 1.29 bits per heavy atom. The highest BCUT2D eigenvalue weighted by Crippen LogP contribution is 2.34. The molecule has 1 atom stereocenters. The van der Waals surface area contributed by atoms with E-state index in [1.807, 2.05) is 36.8 Å². The van der Waals surface area contributed by atoms with Gasteiger partial charge in [-0.05, 0) is 37.1 Å². The second kappa shape index (κ2) is 8.89. The summed E-state index contributed by atoms with van der Waals surface area (Å²) in [5.41, 5.74) is 4.45. The molecular formula is C22H26N4O2. The molecule has 0 radical (unpaired) electrons.